The van der Waals surface area contributed by atoms with Crippen LogP contribution in [0.15, 0.2) is 34.4 Å². The summed E-state index contributed by atoms with van der Waals surface area (Å²) in [6, 6.07) is 4.86. The third-order valence-electron chi connectivity index (χ3n) is 2.27. The van der Waals surface area contributed by atoms with Crippen molar-refractivity contribution >= 4 is 17.4 Å². The number of rotatable bonds is 2. The van der Waals surface area contributed by atoms with Gasteiger partial charge in [0.05, 0.1) is 0 Å². The Kier molecular flexibility index (Phi) is 3.28. The van der Waals surface area contributed by atoms with Crippen LogP contribution in [0.1, 0.15) is 11.3 Å². The minimum atomic E-state index is -0.294. The maximum absolute atomic E-state index is 13.2. The maximum atomic E-state index is 13.2. The molecule has 0 aliphatic rings. The topological polar surface area (TPSA) is 51.8 Å². The van der Waals surface area contributed by atoms with E-state index in [0.717, 1.165) is 10.6 Å². The second-order valence-corrected chi connectivity index (χ2v) is 4.73. The highest BCUT2D eigenvalue weighted by Crippen LogP contribution is 2.31. The van der Waals surface area contributed by atoms with Gasteiger partial charge in [0.1, 0.15) is 5.82 Å². The normalized spacial score (nSPS) is 10.5. The lowest BCUT2D eigenvalue weighted by atomic mass is 10.2. The largest absolute Gasteiger partial charge is 0.398 e. The number of hydrogen-bond donors (Lipinski definition) is 1. The third kappa shape index (κ3) is 2.74. The first-order chi connectivity index (χ1) is 8.06. The lowest BCUT2D eigenvalue weighted by molar-refractivity contribution is 0.618. The molecule has 1 heterocycles. The molecule has 0 aliphatic heterocycles. The van der Waals surface area contributed by atoms with Gasteiger partial charge in [-0.05, 0) is 49.4 Å². The van der Waals surface area contributed by atoms with E-state index in [1.807, 2.05) is 13.0 Å². The van der Waals surface area contributed by atoms with Crippen molar-refractivity contribution in [2.45, 2.75) is 23.9 Å². The zero-order valence-electron chi connectivity index (χ0n) is 9.57. The van der Waals surface area contributed by atoms with E-state index in [-0.39, 0.29) is 5.82 Å². The van der Waals surface area contributed by atoms with Crippen molar-refractivity contribution in [2.75, 3.05) is 5.73 Å². The Morgan fingerprint density at radius 1 is 1.29 bits per heavy atom. The number of aryl methyl sites for hydroxylation is 2. The van der Waals surface area contributed by atoms with Gasteiger partial charge in [0, 0.05) is 22.5 Å². The van der Waals surface area contributed by atoms with Crippen LogP contribution >= 0.6 is 11.8 Å². The number of hydrogen-bond acceptors (Lipinski definition) is 4. The molecule has 0 fully saturated rings. The summed E-state index contributed by atoms with van der Waals surface area (Å²) in [6.07, 6.45) is 1.69. The molecule has 3 nitrogen and oxygen atoms in total. The summed E-state index contributed by atoms with van der Waals surface area (Å²) in [5.74, 6) is -0.294. The number of benzene rings is 1. The predicted octanol–water partition coefficient (Wildman–Crippen LogP) is 2.97. The summed E-state index contributed by atoms with van der Waals surface area (Å²) >= 11 is 1.34. The molecule has 0 unspecified atom stereocenters. The lowest BCUT2D eigenvalue weighted by Crippen LogP contribution is -1.94. The van der Waals surface area contributed by atoms with Crippen LogP contribution in [0.25, 0.3) is 0 Å². The van der Waals surface area contributed by atoms with Gasteiger partial charge in [-0.3, -0.25) is 0 Å². The Balaban J connectivity index is 2.33. The van der Waals surface area contributed by atoms with Crippen molar-refractivity contribution in [3.8, 4) is 0 Å². The van der Waals surface area contributed by atoms with E-state index in [9.17, 15) is 4.39 Å². The van der Waals surface area contributed by atoms with E-state index < -0.39 is 0 Å². The van der Waals surface area contributed by atoms with Crippen LogP contribution in [0.3, 0.4) is 0 Å². The van der Waals surface area contributed by atoms with E-state index in [4.69, 9.17) is 5.73 Å². The molecule has 2 rings (SSSR count). The lowest BCUT2D eigenvalue weighted by Gasteiger charge is -2.06. The summed E-state index contributed by atoms with van der Waals surface area (Å²) in [5, 5.41) is 0.614. The summed E-state index contributed by atoms with van der Waals surface area (Å²) in [5.41, 5.74) is 7.62. The fourth-order valence-corrected chi connectivity index (χ4v) is 2.24. The van der Waals surface area contributed by atoms with Crippen LogP contribution in [0.4, 0.5) is 10.1 Å². The zero-order chi connectivity index (χ0) is 12.4. The van der Waals surface area contributed by atoms with E-state index in [0.29, 0.717) is 16.4 Å². The second-order valence-electron chi connectivity index (χ2n) is 3.72. The molecule has 0 radical (unpaired) electrons. The molecule has 0 bridgehead atoms. The van der Waals surface area contributed by atoms with Gasteiger partial charge < -0.3 is 5.73 Å². The molecule has 1 aromatic heterocycles. The van der Waals surface area contributed by atoms with E-state index in [1.165, 1.54) is 17.8 Å². The number of aromatic nitrogens is 2. The molecule has 0 spiro atoms. The first-order valence-electron chi connectivity index (χ1n) is 5.09. The van der Waals surface area contributed by atoms with E-state index >= 15 is 0 Å². The Morgan fingerprint density at radius 2 is 2.06 bits per heavy atom. The maximum Gasteiger partial charge on any atom is 0.192 e. The standard InChI is InChI=1S/C12H12FN3S/c1-7-5-11(10(14)6-9(7)13)17-12-15-4-3-8(2)16-12/h3-6H,14H2,1-2H3. The molecule has 0 atom stereocenters. The average Bonchev–Trinajstić information content (AvgIpc) is 2.26. The molecule has 0 saturated heterocycles. The van der Waals surface area contributed by atoms with Crippen molar-refractivity contribution in [3.63, 3.8) is 0 Å². The Bertz CT molecular complexity index is 557. The summed E-state index contributed by atoms with van der Waals surface area (Å²) < 4.78 is 13.2. The summed E-state index contributed by atoms with van der Waals surface area (Å²) in [7, 11) is 0. The smallest absolute Gasteiger partial charge is 0.192 e. The second kappa shape index (κ2) is 4.71. The first-order valence-corrected chi connectivity index (χ1v) is 5.91. The van der Waals surface area contributed by atoms with Crippen LogP contribution in [0.5, 0.6) is 0 Å². The van der Waals surface area contributed by atoms with Gasteiger partial charge in [0.25, 0.3) is 0 Å². The Hall–Kier alpha value is -1.62. The molecule has 1 aromatic carbocycles. The van der Waals surface area contributed by atoms with Crippen LogP contribution < -0.4 is 5.73 Å². The van der Waals surface area contributed by atoms with Crippen LogP contribution in [0.2, 0.25) is 0 Å². The Labute approximate surface area is 103 Å². The molecule has 0 saturated carbocycles. The highest BCUT2D eigenvalue weighted by molar-refractivity contribution is 7.99. The van der Waals surface area contributed by atoms with Crippen LogP contribution in [-0.4, -0.2) is 9.97 Å². The van der Waals surface area contributed by atoms with E-state index in [1.54, 1.807) is 19.2 Å². The summed E-state index contributed by atoms with van der Waals surface area (Å²) in [6.45, 7) is 3.60. The third-order valence-corrected chi connectivity index (χ3v) is 3.22. The quantitative estimate of drug-likeness (QED) is 0.656. The van der Waals surface area contributed by atoms with Crippen molar-refractivity contribution in [3.05, 3.63) is 41.5 Å². The summed E-state index contributed by atoms with van der Waals surface area (Å²) in [4.78, 5) is 9.17. The van der Waals surface area contributed by atoms with Crippen LogP contribution in [0, 0.1) is 19.7 Å². The first kappa shape index (κ1) is 11.9. The number of halogens is 1. The molecular formula is C12H12FN3S. The fraction of sp³-hybridized carbons (Fsp3) is 0.167. The number of nitrogens with two attached hydrogens (primary N) is 1. The molecule has 0 aliphatic carbocycles. The van der Waals surface area contributed by atoms with Crippen molar-refractivity contribution < 1.29 is 4.39 Å². The van der Waals surface area contributed by atoms with Crippen LogP contribution in [-0.2, 0) is 0 Å². The molecule has 5 heteroatoms. The fourth-order valence-electron chi connectivity index (χ4n) is 1.33. The van der Waals surface area contributed by atoms with Gasteiger partial charge in [0.15, 0.2) is 5.16 Å². The molecule has 0 amide bonds. The van der Waals surface area contributed by atoms with Crippen molar-refractivity contribution in [1.29, 1.82) is 0 Å². The molecule has 2 aromatic rings. The average molecular weight is 249 g/mol. The van der Waals surface area contributed by atoms with Gasteiger partial charge in [-0.25, -0.2) is 14.4 Å². The van der Waals surface area contributed by atoms with Gasteiger partial charge in [-0.1, -0.05) is 0 Å². The molecule has 2 N–H and O–H groups in total. The monoisotopic (exact) mass is 249 g/mol. The Morgan fingerprint density at radius 3 is 2.76 bits per heavy atom. The van der Waals surface area contributed by atoms with Gasteiger partial charge >= 0.3 is 0 Å². The number of anilines is 1. The highest BCUT2D eigenvalue weighted by atomic mass is 32.2. The van der Waals surface area contributed by atoms with Gasteiger partial charge in [-0.15, -0.1) is 0 Å². The minimum absolute atomic E-state index is 0.294. The van der Waals surface area contributed by atoms with Gasteiger partial charge in [0.2, 0.25) is 0 Å². The minimum Gasteiger partial charge on any atom is -0.398 e. The number of nitrogen functional groups attached to an aromatic ring is 1. The molecule has 17 heavy (non-hydrogen) atoms. The van der Waals surface area contributed by atoms with Crippen molar-refractivity contribution in [2.24, 2.45) is 0 Å². The zero-order valence-corrected chi connectivity index (χ0v) is 10.4. The van der Waals surface area contributed by atoms with E-state index in [2.05, 4.69) is 9.97 Å². The van der Waals surface area contributed by atoms with Crippen molar-refractivity contribution in [1.82, 2.24) is 9.97 Å². The SMILES string of the molecule is Cc1ccnc(Sc2cc(C)c(F)cc2N)n1. The molecule has 88 valence electrons. The molecular weight excluding hydrogens is 237 g/mol. The number of nitrogens with zero attached hydrogens (tertiary/aromatic N) is 2. The predicted molar refractivity (Wildman–Crippen MR) is 66.4 cm³/mol. The van der Waals surface area contributed by atoms with Gasteiger partial charge in [-0.2, -0.15) is 0 Å². The highest BCUT2D eigenvalue weighted by Gasteiger charge is 2.08.